The molecule has 7 nitrogen and oxygen atoms in total. The first-order chi connectivity index (χ1) is 14.2. The van der Waals surface area contributed by atoms with Gasteiger partial charge < -0.3 is 19.3 Å². The zero-order chi connectivity index (χ0) is 19.8. The summed E-state index contributed by atoms with van der Waals surface area (Å²) in [6.07, 6.45) is 1.56. The number of ether oxygens (including phenoxy) is 2. The van der Waals surface area contributed by atoms with Gasteiger partial charge in [-0.1, -0.05) is 23.7 Å². The molecule has 2 aliphatic heterocycles. The topological polar surface area (TPSA) is 67.8 Å². The SMILES string of the molecule is O=C(c1ccccc1Cl)N1CCN(c2ncnc3cc4c(cc23)OCCO4)CC1. The molecule has 0 atom stereocenters. The Morgan fingerprint density at radius 1 is 0.966 bits per heavy atom. The zero-order valence-electron chi connectivity index (χ0n) is 15.7. The van der Waals surface area contributed by atoms with Crippen molar-refractivity contribution in [1.82, 2.24) is 14.9 Å². The second-order valence-corrected chi connectivity index (χ2v) is 7.38. The number of aromatic nitrogens is 2. The number of benzene rings is 2. The lowest BCUT2D eigenvalue weighted by molar-refractivity contribution is 0.0747. The van der Waals surface area contributed by atoms with E-state index in [-0.39, 0.29) is 5.91 Å². The van der Waals surface area contributed by atoms with Gasteiger partial charge in [0.05, 0.1) is 16.1 Å². The van der Waals surface area contributed by atoms with Gasteiger partial charge in [-0.3, -0.25) is 4.79 Å². The number of hydrogen-bond donors (Lipinski definition) is 0. The minimum absolute atomic E-state index is 0.0394. The predicted octanol–water partition coefficient (Wildman–Crippen LogP) is 3.02. The Labute approximate surface area is 172 Å². The van der Waals surface area contributed by atoms with E-state index in [1.165, 1.54) is 0 Å². The fourth-order valence-electron chi connectivity index (χ4n) is 3.76. The Balaban J connectivity index is 1.38. The van der Waals surface area contributed by atoms with E-state index in [0.717, 1.165) is 16.7 Å². The average molecular weight is 411 g/mol. The van der Waals surface area contributed by atoms with Crippen LogP contribution in [0.1, 0.15) is 10.4 Å². The summed E-state index contributed by atoms with van der Waals surface area (Å²) < 4.78 is 11.4. The van der Waals surface area contributed by atoms with Gasteiger partial charge in [0.15, 0.2) is 11.5 Å². The highest BCUT2D eigenvalue weighted by atomic mass is 35.5. The smallest absolute Gasteiger partial charge is 0.255 e. The van der Waals surface area contributed by atoms with Crippen LogP contribution in [0.5, 0.6) is 11.5 Å². The molecule has 3 aromatic rings. The van der Waals surface area contributed by atoms with Crippen LogP contribution in [0.2, 0.25) is 5.02 Å². The maximum absolute atomic E-state index is 12.8. The van der Waals surface area contributed by atoms with Gasteiger partial charge in [-0.15, -0.1) is 0 Å². The Hall–Kier alpha value is -3.06. The highest BCUT2D eigenvalue weighted by Crippen LogP contribution is 2.36. The maximum Gasteiger partial charge on any atom is 0.255 e. The molecule has 3 heterocycles. The van der Waals surface area contributed by atoms with Crippen molar-refractivity contribution in [2.24, 2.45) is 0 Å². The standard InChI is InChI=1S/C21H19ClN4O3/c22-16-4-2-1-3-14(16)21(27)26-7-5-25(6-8-26)20-15-11-18-19(29-10-9-28-18)12-17(15)23-13-24-20/h1-4,11-13H,5-10H2. The summed E-state index contributed by atoms with van der Waals surface area (Å²) in [5, 5.41) is 1.40. The molecular weight excluding hydrogens is 392 g/mol. The molecule has 0 radical (unpaired) electrons. The normalized spacial score (nSPS) is 16.2. The maximum atomic E-state index is 12.8. The van der Waals surface area contributed by atoms with Gasteiger partial charge in [0, 0.05) is 37.6 Å². The molecule has 8 heteroatoms. The van der Waals surface area contributed by atoms with Crippen molar-refractivity contribution in [3.8, 4) is 11.5 Å². The number of amides is 1. The molecule has 2 aliphatic rings. The molecule has 29 heavy (non-hydrogen) atoms. The summed E-state index contributed by atoms with van der Waals surface area (Å²) in [5.74, 6) is 2.23. The van der Waals surface area contributed by atoms with E-state index in [9.17, 15) is 4.79 Å². The van der Waals surface area contributed by atoms with Crippen molar-refractivity contribution >= 4 is 34.2 Å². The number of anilines is 1. The number of carbonyl (C=O) groups excluding carboxylic acids is 1. The summed E-state index contributed by atoms with van der Waals surface area (Å²) >= 11 is 6.19. The molecule has 0 bridgehead atoms. The third-order valence-electron chi connectivity index (χ3n) is 5.25. The lowest BCUT2D eigenvalue weighted by atomic mass is 10.1. The Bertz CT molecular complexity index is 1080. The summed E-state index contributed by atoms with van der Waals surface area (Å²) in [4.78, 5) is 25.7. The number of hydrogen-bond acceptors (Lipinski definition) is 6. The molecule has 1 fully saturated rings. The van der Waals surface area contributed by atoms with E-state index < -0.39 is 0 Å². The molecule has 0 saturated carbocycles. The van der Waals surface area contributed by atoms with Gasteiger partial charge in [0.25, 0.3) is 5.91 Å². The Morgan fingerprint density at radius 2 is 1.69 bits per heavy atom. The minimum atomic E-state index is -0.0394. The highest BCUT2D eigenvalue weighted by molar-refractivity contribution is 6.33. The van der Waals surface area contributed by atoms with Crippen LogP contribution >= 0.6 is 11.6 Å². The molecule has 0 N–H and O–H groups in total. The van der Waals surface area contributed by atoms with E-state index in [0.29, 0.717) is 61.5 Å². The first-order valence-electron chi connectivity index (χ1n) is 9.54. The van der Waals surface area contributed by atoms with Crippen molar-refractivity contribution in [3.63, 3.8) is 0 Å². The predicted molar refractivity (Wildman–Crippen MR) is 110 cm³/mol. The van der Waals surface area contributed by atoms with E-state index in [1.807, 2.05) is 29.2 Å². The van der Waals surface area contributed by atoms with Crippen molar-refractivity contribution in [3.05, 3.63) is 53.3 Å². The van der Waals surface area contributed by atoms with Crippen LogP contribution in [0, 0.1) is 0 Å². The largest absolute Gasteiger partial charge is 0.486 e. The molecule has 0 unspecified atom stereocenters. The summed E-state index contributed by atoms with van der Waals surface area (Å²) in [6, 6.07) is 11.0. The van der Waals surface area contributed by atoms with E-state index >= 15 is 0 Å². The quantitative estimate of drug-likeness (QED) is 0.647. The van der Waals surface area contributed by atoms with Crippen molar-refractivity contribution < 1.29 is 14.3 Å². The third kappa shape index (κ3) is 3.31. The number of nitrogens with zero attached hydrogens (tertiary/aromatic N) is 4. The Kier molecular flexibility index (Phi) is 4.60. The lowest BCUT2D eigenvalue weighted by Gasteiger charge is -2.36. The number of piperazine rings is 1. The van der Waals surface area contributed by atoms with Crippen LogP contribution in [0.4, 0.5) is 5.82 Å². The zero-order valence-corrected chi connectivity index (χ0v) is 16.4. The molecule has 0 spiro atoms. The summed E-state index contributed by atoms with van der Waals surface area (Å²) in [5.41, 5.74) is 1.35. The van der Waals surface area contributed by atoms with Crippen molar-refractivity contribution in [2.45, 2.75) is 0 Å². The van der Waals surface area contributed by atoms with Crippen molar-refractivity contribution in [2.75, 3.05) is 44.3 Å². The fraction of sp³-hybridized carbons (Fsp3) is 0.286. The molecular formula is C21H19ClN4O3. The second kappa shape index (κ2) is 7.40. The molecule has 1 saturated heterocycles. The van der Waals surface area contributed by atoms with Gasteiger partial charge in [-0.25, -0.2) is 9.97 Å². The molecule has 148 valence electrons. The van der Waals surface area contributed by atoms with E-state index in [4.69, 9.17) is 21.1 Å². The van der Waals surface area contributed by atoms with Gasteiger partial charge in [-0.05, 0) is 18.2 Å². The third-order valence-corrected chi connectivity index (χ3v) is 5.58. The number of rotatable bonds is 2. The lowest BCUT2D eigenvalue weighted by Crippen LogP contribution is -2.49. The first kappa shape index (κ1) is 18.0. The van der Waals surface area contributed by atoms with Crippen molar-refractivity contribution in [1.29, 1.82) is 0 Å². The van der Waals surface area contributed by atoms with E-state index in [1.54, 1.807) is 18.5 Å². The van der Waals surface area contributed by atoms with Crippen LogP contribution in [0.25, 0.3) is 10.9 Å². The van der Waals surface area contributed by atoms with Gasteiger partial charge in [-0.2, -0.15) is 0 Å². The van der Waals surface area contributed by atoms with Crippen LogP contribution in [0.15, 0.2) is 42.7 Å². The van der Waals surface area contributed by atoms with Crippen LogP contribution in [-0.4, -0.2) is 60.2 Å². The van der Waals surface area contributed by atoms with Crippen LogP contribution in [0.3, 0.4) is 0 Å². The fourth-order valence-corrected chi connectivity index (χ4v) is 3.97. The molecule has 1 amide bonds. The summed E-state index contributed by atoms with van der Waals surface area (Å²) in [7, 11) is 0. The molecule has 2 aromatic carbocycles. The summed E-state index contributed by atoms with van der Waals surface area (Å²) in [6.45, 7) is 3.62. The molecule has 5 rings (SSSR count). The number of halogens is 1. The van der Waals surface area contributed by atoms with Gasteiger partial charge >= 0.3 is 0 Å². The molecule has 0 aliphatic carbocycles. The monoisotopic (exact) mass is 410 g/mol. The highest BCUT2D eigenvalue weighted by Gasteiger charge is 2.25. The average Bonchev–Trinajstić information content (AvgIpc) is 2.77. The van der Waals surface area contributed by atoms with Crippen LogP contribution in [-0.2, 0) is 0 Å². The first-order valence-corrected chi connectivity index (χ1v) is 9.91. The molecule has 1 aromatic heterocycles. The van der Waals surface area contributed by atoms with E-state index in [2.05, 4.69) is 14.9 Å². The number of carbonyl (C=O) groups is 1. The second-order valence-electron chi connectivity index (χ2n) is 6.97. The minimum Gasteiger partial charge on any atom is -0.486 e. The Morgan fingerprint density at radius 3 is 2.45 bits per heavy atom. The van der Waals surface area contributed by atoms with Gasteiger partial charge in [0.2, 0.25) is 0 Å². The van der Waals surface area contributed by atoms with Crippen LogP contribution < -0.4 is 14.4 Å². The number of fused-ring (bicyclic) bond motifs is 2. The van der Waals surface area contributed by atoms with Gasteiger partial charge in [0.1, 0.15) is 25.4 Å².